The van der Waals surface area contributed by atoms with Gasteiger partial charge in [0.05, 0.1) is 24.9 Å². The third-order valence-corrected chi connectivity index (χ3v) is 5.87. The number of carbonyl (C=O) groups is 1. The first-order valence-electron chi connectivity index (χ1n) is 9.77. The highest BCUT2D eigenvalue weighted by Crippen LogP contribution is 2.43. The lowest BCUT2D eigenvalue weighted by Crippen LogP contribution is -2.43. The molecule has 27 heavy (non-hydrogen) atoms. The van der Waals surface area contributed by atoms with E-state index in [1.165, 1.54) is 0 Å². The molecule has 2 saturated heterocycles. The third kappa shape index (κ3) is 3.07. The Hall–Kier alpha value is -2.48. The summed E-state index contributed by atoms with van der Waals surface area (Å²) in [5.41, 5.74) is 2.25. The van der Waals surface area contributed by atoms with E-state index in [-0.39, 0.29) is 18.0 Å². The van der Waals surface area contributed by atoms with E-state index in [1.54, 1.807) is 6.20 Å². The van der Waals surface area contributed by atoms with Gasteiger partial charge >= 0.3 is 0 Å². The fraction of sp³-hybridized carbons (Fsp3) is 0.579. The van der Waals surface area contributed by atoms with E-state index in [0.717, 1.165) is 62.8 Å². The Morgan fingerprint density at radius 2 is 2.15 bits per heavy atom. The Balaban J connectivity index is 1.33. The predicted molar refractivity (Wildman–Crippen MR) is 98.2 cm³/mol. The van der Waals surface area contributed by atoms with Gasteiger partial charge in [-0.15, -0.1) is 0 Å². The number of aromatic nitrogens is 4. The molecule has 0 spiro atoms. The molecule has 2 aromatic heterocycles. The van der Waals surface area contributed by atoms with Crippen LogP contribution in [0, 0.1) is 0 Å². The first-order chi connectivity index (χ1) is 13.3. The van der Waals surface area contributed by atoms with Crippen molar-refractivity contribution in [3.8, 4) is 0 Å². The highest BCUT2D eigenvalue weighted by Gasteiger charge is 2.43. The molecule has 2 aromatic rings. The Bertz CT molecular complexity index is 818. The molecule has 2 fully saturated rings. The summed E-state index contributed by atoms with van der Waals surface area (Å²) in [6.07, 6.45) is 8.96. The van der Waals surface area contributed by atoms with Gasteiger partial charge in [0.15, 0.2) is 0 Å². The van der Waals surface area contributed by atoms with Gasteiger partial charge in [-0.25, -0.2) is 9.97 Å². The van der Waals surface area contributed by atoms with Gasteiger partial charge in [-0.3, -0.25) is 9.48 Å². The summed E-state index contributed by atoms with van der Waals surface area (Å²) < 4.78 is 7.24. The maximum Gasteiger partial charge on any atom is 0.225 e. The highest BCUT2D eigenvalue weighted by molar-refractivity contribution is 5.78. The molecule has 3 aliphatic rings. The number of morpholine rings is 1. The summed E-state index contributed by atoms with van der Waals surface area (Å²) in [6, 6.07) is 2.27. The SMILES string of the molecule is O=C(CCn1cccn1)N1[C@H]2CC[C@@H]1c1cnc(N3CCOCC3)nc1C2. The van der Waals surface area contributed by atoms with Gasteiger partial charge in [0.25, 0.3) is 0 Å². The zero-order chi connectivity index (χ0) is 18.2. The number of nitrogens with zero attached hydrogens (tertiary/aromatic N) is 6. The van der Waals surface area contributed by atoms with E-state index in [0.29, 0.717) is 13.0 Å². The minimum absolute atomic E-state index is 0.127. The van der Waals surface area contributed by atoms with E-state index >= 15 is 0 Å². The van der Waals surface area contributed by atoms with Crippen molar-refractivity contribution < 1.29 is 9.53 Å². The molecule has 0 saturated carbocycles. The molecule has 0 N–H and O–H groups in total. The molecule has 0 radical (unpaired) electrons. The Labute approximate surface area is 158 Å². The molecule has 2 bridgehead atoms. The van der Waals surface area contributed by atoms with Crippen molar-refractivity contribution in [2.24, 2.45) is 0 Å². The molecule has 8 heteroatoms. The second-order valence-corrected chi connectivity index (χ2v) is 7.44. The normalized spacial score (nSPS) is 24.1. The first kappa shape index (κ1) is 16.7. The molecule has 2 atom stereocenters. The Kier molecular flexibility index (Phi) is 4.27. The Morgan fingerprint density at radius 3 is 2.96 bits per heavy atom. The van der Waals surface area contributed by atoms with Crippen LogP contribution in [-0.2, 0) is 22.5 Å². The van der Waals surface area contributed by atoms with Crippen molar-refractivity contribution in [3.63, 3.8) is 0 Å². The van der Waals surface area contributed by atoms with Crippen LogP contribution in [0.2, 0.25) is 0 Å². The molecule has 5 rings (SSSR count). The average Bonchev–Trinajstić information content (AvgIpc) is 3.34. The molecular weight excluding hydrogens is 344 g/mol. The molecule has 1 amide bonds. The van der Waals surface area contributed by atoms with Gasteiger partial charge in [-0.05, 0) is 18.9 Å². The summed E-state index contributed by atoms with van der Waals surface area (Å²) in [4.78, 5) is 26.7. The van der Waals surface area contributed by atoms with E-state index in [2.05, 4.69) is 19.9 Å². The number of hydrogen-bond acceptors (Lipinski definition) is 6. The molecule has 142 valence electrons. The first-order valence-corrected chi connectivity index (χ1v) is 9.77. The van der Waals surface area contributed by atoms with Crippen molar-refractivity contribution >= 4 is 11.9 Å². The van der Waals surface area contributed by atoms with Crippen LogP contribution in [0.5, 0.6) is 0 Å². The van der Waals surface area contributed by atoms with Crippen LogP contribution in [0.15, 0.2) is 24.7 Å². The van der Waals surface area contributed by atoms with Crippen molar-refractivity contribution in [3.05, 3.63) is 35.9 Å². The smallest absolute Gasteiger partial charge is 0.225 e. The number of aryl methyl sites for hydroxylation is 1. The second-order valence-electron chi connectivity index (χ2n) is 7.44. The van der Waals surface area contributed by atoms with Crippen LogP contribution in [0.25, 0.3) is 0 Å². The molecule has 3 aliphatic heterocycles. The molecule has 0 unspecified atom stereocenters. The summed E-state index contributed by atoms with van der Waals surface area (Å²) in [5, 5.41) is 4.19. The topological polar surface area (TPSA) is 76.4 Å². The van der Waals surface area contributed by atoms with E-state index in [1.807, 2.05) is 23.1 Å². The lowest BCUT2D eigenvalue weighted by molar-refractivity contribution is -0.135. The maximum absolute atomic E-state index is 12.9. The molecule has 8 nitrogen and oxygen atoms in total. The van der Waals surface area contributed by atoms with Crippen molar-refractivity contribution in [1.29, 1.82) is 0 Å². The highest BCUT2D eigenvalue weighted by atomic mass is 16.5. The zero-order valence-electron chi connectivity index (χ0n) is 15.3. The number of hydrogen-bond donors (Lipinski definition) is 0. The molecule has 0 aliphatic carbocycles. The van der Waals surface area contributed by atoms with E-state index < -0.39 is 0 Å². The number of ether oxygens (including phenoxy) is 1. The van der Waals surface area contributed by atoms with E-state index in [4.69, 9.17) is 9.72 Å². The number of rotatable bonds is 4. The summed E-state index contributed by atoms with van der Waals surface area (Å²) in [7, 11) is 0. The summed E-state index contributed by atoms with van der Waals surface area (Å²) in [5.74, 6) is 1.01. The quantitative estimate of drug-likeness (QED) is 0.807. The fourth-order valence-corrected chi connectivity index (χ4v) is 4.53. The standard InChI is InChI=1S/C19H24N6O2/c26-18(4-7-24-6-1-5-21-24)25-14-2-3-17(25)15-13-20-19(22-16(15)12-14)23-8-10-27-11-9-23/h1,5-6,13-14,17H,2-4,7-12H2/t14-,17+/m0/s1. The average molecular weight is 368 g/mol. The maximum atomic E-state index is 12.9. The van der Waals surface area contributed by atoms with Gasteiger partial charge in [0, 0.05) is 62.7 Å². The minimum atomic E-state index is 0.127. The van der Waals surface area contributed by atoms with Gasteiger partial charge < -0.3 is 14.5 Å². The lowest BCUT2D eigenvalue weighted by atomic mass is 9.99. The van der Waals surface area contributed by atoms with Crippen molar-refractivity contribution in [2.75, 3.05) is 31.2 Å². The van der Waals surface area contributed by atoms with Crippen LogP contribution in [0.3, 0.4) is 0 Å². The van der Waals surface area contributed by atoms with Crippen molar-refractivity contribution in [2.45, 2.75) is 44.3 Å². The van der Waals surface area contributed by atoms with Gasteiger partial charge in [0.1, 0.15) is 0 Å². The van der Waals surface area contributed by atoms with Gasteiger partial charge in [-0.2, -0.15) is 5.10 Å². The molecule has 5 heterocycles. The summed E-state index contributed by atoms with van der Waals surface area (Å²) >= 11 is 0. The number of amides is 1. The van der Waals surface area contributed by atoms with E-state index in [9.17, 15) is 4.79 Å². The number of anilines is 1. The van der Waals surface area contributed by atoms with Crippen molar-refractivity contribution in [1.82, 2.24) is 24.6 Å². The largest absolute Gasteiger partial charge is 0.378 e. The fourth-order valence-electron chi connectivity index (χ4n) is 4.53. The van der Waals surface area contributed by atoms with Crippen LogP contribution in [0.1, 0.15) is 36.6 Å². The number of fused-ring (bicyclic) bond motifs is 4. The van der Waals surface area contributed by atoms with Gasteiger partial charge in [0.2, 0.25) is 11.9 Å². The summed E-state index contributed by atoms with van der Waals surface area (Å²) in [6.45, 7) is 3.75. The second kappa shape index (κ2) is 6.92. The van der Waals surface area contributed by atoms with Gasteiger partial charge in [-0.1, -0.05) is 0 Å². The number of carbonyl (C=O) groups excluding carboxylic acids is 1. The minimum Gasteiger partial charge on any atom is -0.378 e. The lowest BCUT2D eigenvalue weighted by Gasteiger charge is -2.36. The third-order valence-electron chi connectivity index (χ3n) is 5.87. The van der Waals surface area contributed by atoms with Crippen LogP contribution >= 0.6 is 0 Å². The molecule has 0 aromatic carbocycles. The predicted octanol–water partition coefficient (Wildman–Crippen LogP) is 1.19. The van der Waals surface area contributed by atoms with Crippen LogP contribution in [0.4, 0.5) is 5.95 Å². The monoisotopic (exact) mass is 368 g/mol. The van der Waals surface area contributed by atoms with Crippen LogP contribution in [-0.4, -0.2) is 62.9 Å². The van der Waals surface area contributed by atoms with Crippen LogP contribution < -0.4 is 4.90 Å². The zero-order valence-corrected chi connectivity index (χ0v) is 15.3. The Morgan fingerprint density at radius 1 is 1.26 bits per heavy atom. The molecular formula is C19H24N6O2.